The van der Waals surface area contributed by atoms with Gasteiger partial charge in [-0.05, 0) is 11.6 Å². The minimum absolute atomic E-state index is 0.0560. The lowest BCUT2D eigenvalue weighted by atomic mass is 9.97. The molecule has 0 fully saturated rings. The van der Waals surface area contributed by atoms with Gasteiger partial charge in [-0.3, -0.25) is 9.59 Å². The summed E-state index contributed by atoms with van der Waals surface area (Å²) in [5, 5.41) is 21.8. The third-order valence-corrected chi connectivity index (χ3v) is 3.02. The first-order valence-electron chi connectivity index (χ1n) is 5.02. The second kappa shape index (κ2) is 4.48. The topological polar surface area (TPSA) is 86.6 Å². The molecule has 17 heavy (non-hydrogen) atoms. The molecule has 2 atom stereocenters. The number of amides is 1. The number of ketones is 1. The molecule has 1 aliphatic rings. The molecule has 1 aliphatic heterocycles. The van der Waals surface area contributed by atoms with Crippen LogP contribution in [0.15, 0.2) is 18.2 Å². The Morgan fingerprint density at radius 3 is 2.65 bits per heavy atom. The normalized spacial score (nSPS) is 17.6. The van der Waals surface area contributed by atoms with E-state index in [1.165, 1.54) is 6.07 Å². The molecule has 0 aromatic heterocycles. The Morgan fingerprint density at radius 1 is 1.29 bits per heavy atom. The summed E-state index contributed by atoms with van der Waals surface area (Å²) in [6.45, 7) is 0. The highest BCUT2D eigenvalue weighted by molar-refractivity contribution is 7.80. The SMILES string of the molecule is O=C1Nc2cccc(C(O)C(O)CS)c2C1=O. The van der Waals surface area contributed by atoms with Crippen LogP contribution in [0.5, 0.6) is 0 Å². The molecule has 90 valence electrons. The number of anilines is 1. The number of carbonyl (C=O) groups is 2. The number of hydrogen-bond donors (Lipinski definition) is 4. The molecule has 1 aromatic carbocycles. The summed E-state index contributed by atoms with van der Waals surface area (Å²) >= 11 is 3.87. The van der Waals surface area contributed by atoms with E-state index in [1.807, 2.05) is 0 Å². The maximum atomic E-state index is 11.6. The van der Waals surface area contributed by atoms with E-state index in [-0.39, 0.29) is 16.9 Å². The van der Waals surface area contributed by atoms with Gasteiger partial charge in [0.2, 0.25) is 0 Å². The quantitative estimate of drug-likeness (QED) is 0.456. The molecule has 2 unspecified atom stereocenters. The molecule has 0 spiro atoms. The fraction of sp³-hybridized carbons (Fsp3) is 0.273. The van der Waals surface area contributed by atoms with Crippen LogP contribution in [0.25, 0.3) is 0 Å². The number of thiol groups is 1. The molecule has 5 nitrogen and oxygen atoms in total. The van der Waals surface area contributed by atoms with Crippen LogP contribution in [0.4, 0.5) is 5.69 Å². The molecule has 6 heteroatoms. The summed E-state index contributed by atoms with van der Waals surface area (Å²) in [5.41, 5.74) is 0.737. The van der Waals surface area contributed by atoms with E-state index < -0.39 is 23.9 Å². The van der Waals surface area contributed by atoms with Crippen LogP contribution in [0, 0.1) is 0 Å². The molecule has 2 rings (SSSR count). The predicted octanol–water partition coefficient (Wildman–Crippen LogP) is 0.145. The van der Waals surface area contributed by atoms with Crippen molar-refractivity contribution in [3.8, 4) is 0 Å². The van der Waals surface area contributed by atoms with Gasteiger partial charge in [0.05, 0.1) is 17.4 Å². The van der Waals surface area contributed by atoms with Crippen LogP contribution >= 0.6 is 12.6 Å². The summed E-state index contributed by atoms with van der Waals surface area (Å²) in [5.74, 6) is -1.36. The number of fused-ring (bicyclic) bond motifs is 1. The van der Waals surface area contributed by atoms with E-state index in [0.717, 1.165) is 0 Å². The number of benzene rings is 1. The minimum atomic E-state index is -1.24. The summed E-state index contributed by atoms with van der Waals surface area (Å²) in [6, 6.07) is 4.68. The Hall–Kier alpha value is -1.37. The van der Waals surface area contributed by atoms with Gasteiger partial charge in [-0.15, -0.1) is 0 Å². The van der Waals surface area contributed by atoms with E-state index in [1.54, 1.807) is 12.1 Å². The molecular formula is C11H11NO4S. The highest BCUT2D eigenvalue weighted by Gasteiger charge is 2.33. The highest BCUT2D eigenvalue weighted by atomic mass is 32.1. The van der Waals surface area contributed by atoms with Crippen LogP contribution in [-0.4, -0.2) is 33.8 Å². The van der Waals surface area contributed by atoms with Crippen LogP contribution in [0.3, 0.4) is 0 Å². The van der Waals surface area contributed by atoms with Crippen molar-refractivity contribution in [1.82, 2.24) is 0 Å². The number of aliphatic hydroxyl groups excluding tert-OH is 2. The Kier molecular flexibility index (Phi) is 3.19. The van der Waals surface area contributed by atoms with Crippen molar-refractivity contribution in [3.05, 3.63) is 29.3 Å². The van der Waals surface area contributed by atoms with Gasteiger partial charge in [-0.2, -0.15) is 12.6 Å². The Labute approximate surface area is 103 Å². The first kappa shape index (κ1) is 12.1. The monoisotopic (exact) mass is 253 g/mol. The average molecular weight is 253 g/mol. The maximum Gasteiger partial charge on any atom is 0.296 e. The summed E-state index contributed by atoms with van der Waals surface area (Å²) in [7, 11) is 0. The van der Waals surface area contributed by atoms with Crippen molar-refractivity contribution < 1.29 is 19.8 Å². The Bertz CT molecular complexity index is 488. The van der Waals surface area contributed by atoms with Gasteiger partial charge in [0.25, 0.3) is 11.7 Å². The smallest absolute Gasteiger partial charge is 0.296 e. The molecule has 0 bridgehead atoms. The zero-order valence-electron chi connectivity index (χ0n) is 8.75. The summed E-state index contributed by atoms with van der Waals surface area (Å²) in [6.07, 6.45) is -2.33. The van der Waals surface area contributed by atoms with E-state index >= 15 is 0 Å². The molecule has 0 saturated heterocycles. The van der Waals surface area contributed by atoms with Gasteiger partial charge in [0.15, 0.2) is 0 Å². The van der Waals surface area contributed by atoms with Gasteiger partial charge >= 0.3 is 0 Å². The van der Waals surface area contributed by atoms with Gasteiger partial charge in [-0.1, -0.05) is 12.1 Å². The van der Waals surface area contributed by atoms with Crippen molar-refractivity contribution in [3.63, 3.8) is 0 Å². The maximum absolute atomic E-state index is 11.6. The molecule has 1 heterocycles. The number of carbonyl (C=O) groups excluding carboxylic acids is 2. The number of rotatable bonds is 3. The molecule has 0 radical (unpaired) electrons. The van der Waals surface area contributed by atoms with E-state index in [9.17, 15) is 19.8 Å². The van der Waals surface area contributed by atoms with Crippen LogP contribution in [0.2, 0.25) is 0 Å². The standard InChI is InChI=1S/C11H11NO4S/c13-7(4-17)9(14)5-2-1-3-6-8(5)10(15)11(16)12-6/h1-3,7,9,13-14,17H,4H2,(H,12,15,16). The molecule has 0 aliphatic carbocycles. The third kappa shape index (κ3) is 1.95. The molecular weight excluding hydrogens is 242 g/mol. The second-order valence-electron chi connectivity index (χ2n) is 3.75. The molecule has 0 saturated carbocycles. The van der Waals surface area contributed by atoms with Crippen molar-refractivity contribution in [2.75, 3.05) is 11.1 Å². The van der Waals surface area contributed by atoms with E-state index in [0.29, 0.717) is 5.69 Å². The highest BCUT2D eigenvalue weighted by Crippen LogP contribution is 2.31. The lowest BCUT2D eigenvalue weighted by Gasteiger charge is -2.17. The first-order valence-corrected chi connectivity index (χ1v) is 5.65. The van der Waals surface area contributed by atoms with Crippen LogP contribution < -0.4 is 5.32 Å². The molecule has 3 N–H and O–H groups in total. The minimum Gasteiger partial charge on any atom is -0.389 e. The van der Waals surface area contributed by atoms with E-state index in [4.69, 9.17) is 0 Å². The van der Waals surface area contributed by atoms with Gasteiger partial charge in [0, 0.05) is 5.75 Å². The number of Topliss-reactive ketones (excluding diaryl/α,β-unsaturated/α-hetero) is 1. The lowest BCUT2D eigenvalue weighted by Crippen LogP contribution is -2.22. The van der Waals surface area contributed by atoms with Crippen LogP contribution in [0.1, 0.15) is 22.0 Å². The Balaban J connectivity index is 2.48. The Morgan fingerprint density at radius 2 is 2.00 bits per heavy atom. The van der Waals surface area contributed by atoms with Gasteiger partial charge in [0.1, 0.15) is 6.10 Å². The zero-order valence-corrected chi connectivity index (χ0v) is 9.65. The molecule has 1 aromatic rings. The fourth-order valence-electron chi connectivity index (χ4n) is 1.77. The van der Waals surface area contributed by atoms with E-state index in [2.05, 4.69) is 17.9 Å². The van der Waals surface area contributed by atoms with Crippen molar-refractivity contribution in [2.45, 2.75) is 12.2 Å². The summed E-state index contributed by atoms with van der Waals surface area (Å²) < 4.78 is 0. The third-order valence-electron chi connectivity index (χ3n) is 2.65. The number of hydrogen-bond acceptors (Lipinski definition) is 5. The summed E-state index contributed by atoms with van der Waals surface area (Å²) in [4.78, 5) is 22.8. The average Bonchev–Trinajstić information content (AvgIpc) is 2.63. The van der Waals surface area contributed by atoms with Crippen molar-refractivity contribution >= 4 is 30.0 Å². The van der Waals surface area contributed by atoms with Crippen LogP contribution in [-0.2, 0) is 4.79 Å². The van der Waals surface area contributed by atoms with Gasteiger partial charge in [-0.25, -0.2) is 0 Å². The van der Waals surface area contributed by atoms with Crippen molar-refractivity contribution in [1.29, 1.82) is 0 Å². The largest absolute Gasteiger partial charge is 0.389 e. The number of nitrogens with one attached hydrogen (secondary N) is 1. The zero-order chi connectivity index (χ0) is 12.6. The predicted molar refractivity (Wildman–Crippen MR) is 64.2 cm³/mol. The first-order chi connectivity index (χ1) is 8.06. The second-order valence-corrected chi connectivity index (χ2v) is 4.11. The lowest BCUT2D eigenvalue weighted by molar-refractivity contribution is -0.112. The number of aliphatic hydroxyl groups is 2. The fourth-order valence-corrected chi connectivity index (χ4v) is 1.97. The van der Waals surface area contributed by atoms with Crippen molar-refractivity contribution in [2.24, 2.45) is 0 Å². The molecule has 1 amide bonds. The van der Waals surface area contributed by atoms with Gasteiger partial charge < -0.3 is 15.5 Å².